The van der Waals surface area contributed by atoms with Gasteiger partial charge >= 0.3 is 0 Å². The molecule has 6 nitrogen and oxygen atoms in total. The van der Waals surface area contributed by atoms with E-state index in [0.29, 0.717) is 11.1 Å². The normalized spacial score (nSPS) is 16.1. The van der Waals surface area contributed by atoms with Gasteiger partial charge in [-0.2, -0.15) is 0 Å². The summed E-state index contributed by atoms with van der Waals surface area (Å²) in [6.07, 6.45) is 1.11. The van der Waals surface area contributed by atoms with E-state index in [-0.39, 0.29) is 16.4 Å². The van der Waals surface area contributed by atoms with E-state index in [1.165, 1.54) is 6.92 Å². The number of hydrogen-bond donors (Lipinski definition) is 0. The molecule has 6 heteroatoms. The number of rotatable bonds is 5. The van der Waals surface area contributed by atoms with Gasteiger partial charge in [-0.25, -0.2) is 0 Å². The molecule has 0 bridgehead atoms. The third-order valence-electron chi connectivity index (χ3n) is 5.08. The second-order valence-electron chi connectivity index (χ2n) is 7.18. The van der Waals surface area contributed by atoms with Gasteiger partial charge in [0.25, 0.3) is 5.69 Å². The molecule has 3 rings (SSSR count). The van der Waals surface area contributed by atoms with Gasteiger partial charge in [0.1, 0.15) is 0 Å². The first-order valence-electron chi connectivity index (χ1n) is 9.23. The van der Waals surface area contributed by atoms with E-state index >= 15 is 0 Å². The quantitative estimate of drug-likeness (QED) is 0.459. The summed E-state index contributed by atoms with van der Waals surface area (Å²) in [4.78, 5) is 27.4. The molecule has 0 unspecified atom stereocenters. The summed E-state index contributed by atoms with van der Waals surface area (Å²) in [5.41, 5.74) is 2.98. The molecule has 1 aliphatic heterocycles. The molecule has 0 aliphatic carbocycles. The number of nitro groups is 1. The zero-order valence-electron chi connectivity index (χ0n) is 15.9. The minimum absolute atomic E-state index is 0.0190. The lowest BCUT2D eigenvalue weighted by Crippen LogP contribution is -2.28. The summed E-state index contributed by atoms with van der Waals surface area (Å²) in [6.45, 7) is 6.31. The van der Waals surface area contributed by atoms with E-state index in [0.717, 1.165) is 50.3 Å². The highest BCUT2D eigenvalue weighted by Gasteiger charge is 2.18. The molecule has 0 N–H and O–H groups in total. The van der Waals surface area contributed by atoms with Crippen LogP contribution in [0.3, 0.4) is 0 Å². The highest BCUT2D eigenvalue weighted by molar-refractivity contribution is 5.94. The third kappa shape index (κ3) is 4.78. The van der Waals surface area contributed by atoms with Crippen molar-refractivity contribution in [1.29, 1.82) is 0 Å². The Bertz CT molecular complexity index is 833. The molecule has 0 radical (unpaired) electrons. The van der Waals surface area contributed by atoms with Crippen LogP contribution in [0.4, 0.5) is 5.69 Å². The van der Waals surface area contributed by atoms with Crippen LogP contribution in [0.2, 0.25) is 0 Å². The van der Waals surface area contributed by atoms with Gasteiger partial charge in [0, 0.05) is 31.3 Å². The molecule has 142 valence electrons. The SMILES string of the molecule is CC(=O)c1ccc(-c2ccc(CN3CCCN(C)CC3)cc2[N+](=O)[O-])cc1. The second-order valence-corrected chi connectivity index (χ2v) is 7.18. The van der Waals surface area contributed by atoms with Crippen molar-refractivity contribution in [2.24, 2.45) is 0 Å². The first-order chi connectivity index (χ1) is 12.9. The molecule has 0 saturated carbocycles. The van der Waals surface area contributed by atoms with Crippen molar-refractivity contribution in [3.63, 3.8) is 0 Å². The lowest BCUT2D eigenvalue weighted by atomic mass is 9.99. The minimum Gasteiger partial charge on any atom is -0.305 e. The Morgan fingerprint density at radius 3 is 2.48 bits per heavy atom. The average molecular weight is 367 g/mol. The highest BCUT2D eigenvalue weighted by Crippen LogP contribution is 2.31. The number of benzene rings is 2. The van der Waals surface area contributed by atoms with E-state index in [2.05, 4.69) is 16.8 Å². The summed E-state index contributed by atoms with van der Waals surface area (Å²) in [6, 6.07) is 12.4. The first kappa shape index (κ1) is 19.2. The molecule has 0 spiro atoms. The van der Waals surface area contributed by atoms with Crippen molar-refractivity contribution in [2.45, 2.75) is 19.9 Å². The predicted octanol–water partition coefficient (Wildman–Crippen LogP) is 3.60. The number of hydrogen-bond acceptors (Lipinski definition) is 5. The van der Waals surface area contributed by atoms with Crippen molar-refractivity contribution >= 4 is 11.5 Å². The van der Waals surface area contributed by atoms with Crippen molar-refractivity contribution in [1.82, 2.24) is 9.80 Å². The van der Waals surface area contributed by atoms with Crippen molar-refractivity contribution < 1.29 is 9.72 Å². The molecular formula is C21H25N3O3. The van der Waals surface area contributed by atoms with Crippen LogP contribution < -0.4 is 0 Å². The minimum atomic E-state index is -0.325. The van der Waals surface area contributed by atoms with Gasteiger partial charge in [0.15, 0.2) is 5.78 Å². The van der Waals surface area contributed by atoms with Crippen LogP contribution in [-0.2, 0) is 6.54 Å². The van der Waals surface area contributed by atoms with E-state index in [1.54, 1.807) is 30.3 Å². The molecule has 1 aliphatic rings. The zero-order chi connectivity index (χ0) is 19.4. The summed E-state index contributed by atoms with van der Waals surface area (Å²) in [7, 11) is 2.13. The fraction of sp³-hybridized carbons (Fsp3) is 0.381. The Hall–Kier alpha value is -2.57. The third-order valence-corrected chi connectivity index (χ3v) is 5.08. The number of carbonyl (C=O) groups is 1. The number of ketones is 1. The number of Topliss-reactive ketones (excluding diaryl/α,β-unsaturated/α-hetero) is 1. The Morgan fingerprint density at radius 1 is 1.07 bits per heavy atom. The van der Waals surface area contributed by atoms with Crippen molar-refractivity contribution in [3.8, 4) is 11.1 Å². The maximum Gasteiger partial charge on any atom is 0.277 e. The maximum absolute atomic E-state index is 11.6. The van der Waals surface area contributed by atoms with E-state index < -0.39 is 0 Å². The summed E-state index contributed by atoms with van der Waals surface area (Å²) >= 11 is 0. The Morgan fingerprint density at radius 2 is 1.81 bits per heavy atom. The summed E-state index contributed by atoms with van der Waals surface area (Å²) < 4.78 is 0. The second kappa shape index (κ2) is 8.41. The molecular weight excluding hydrogens is 342 g/mol. The van der Waals surface area contributed by atoms with Gasteiger partial charge in [0.05, 0.1) is 10.5 Å². The van der Waals surface area contributed by atoms with Crippen LogP contribution in [0, 0.1) is 10.1 Å². The number of carbonyl (C=O) groups excluding carboxylic acids is 1. The lowest BCUT2D eigenvalue weighted by molar-refractivity contribution is -0.384. The fourth-order valence-corrected chi connectivity index (χ4v) is 3.47. The van der Waals surface area contributed by atoms with Gasteiger partial charge in [-0.3, -0.25) is 19.8 Å². The first-order valence-corrected chi connectivity index (χ1v) is 9.23. The average Bonchev–Trinajstić information content (AvgIpc) is 2.86. The molecule has 1 fully saturated rings. The van der Waals surface area contributed by atoms with Crippen LogP contribution in [0.25, 0.3) is 11.1 Å². The molecule has 2 aromatic carbocycles. The van der Waals surface area contributed by atoms with E-state index in [1.807, 2.05) is 12.1 Å². The van der Waals surface area contributed by atoms with Gasteiger partial charge in [0.2, 0.25) is 0 Å². The van der Waals surface area contributed by atoms with Crippen molar-refractivity contribution in [3.05, 3.63) is 63.7 Å². The Kier molecular flexibility index (Phi) is 5.98. The molecule has 0 aromatic heterocycles. The molecule has 0 atom stereocenters. The molecule has 2 aromatic rings. The smallest absolute Gasteiger partial charge is 0.277 e. The van der Waals surface area contributed by atoms with E-state index in [4.69, 9.17) is 0 Å². The van der Waals surface area contributed by atoms with Crippen LogP contribution >= 0.6 is 0 Å². The Labute approximate surface area is 159 Å². The number of nitrogens with zero attached hydrogens (tertiary/aromatic N) is 3. The molecule has 1 heterocycles. The van der Waals surface area contributed by atoms with Crippen LogP contribution in [0.15, 0.2) is 42.5 Å². The molecule has 0 amide bonds. The predicted molar refractivity (Wildman–Crippen MR) is 106 cm³/mol. The van der Waals surface area contributed by atoms with Gasteiger partial charge in [-0.1, -0.05) is 30.3 Å². The Balaban J connectivity index is 1.84. The summed E-state index contributed by atoms with van der Waals surface area (Å²) in [5.74, 6) is -0.0190. The number of likely N-dealkylation sites (N-methyl/N-ethyl adjacent to an activating group) is 1. The van der Waals surface area contributed by atoms with Gasteiger partial charge in [-0.15, -0.1) is 0 Å². The standard InChI is InChI=1S/C21H25N3O3/c1-16(25)18-5-7-19(8-6-18)20-9-4-17(14-21(20)24(26)27)15-23-11-3-10-22(2)12-13-23/h4-9,14H,3,10-13,15H2,1-2H3. The summed E-state index contributed by atoms with van der Waals surface area (Å²) in [5, 5.41) is 11.6. The highest BCUT2D eigenvalue weighted by atomic mass is 16.6. The van der Waals surface area contributed by atoms with Gasteiger partial charge < -0.3 is 4.90 Å². The van der Waals surface area contributed by atoms with Crippen LogP contribution in [0.1, 0.15) is 29.3 Å². The maximum atomic E-state index is 11.6. The molecule has 27 heavy (non-hydrogen) atoms. The monoisotopic (exact) mass is 367 g/mol. The van der Waals surface area contributed by atoms with Crippen LogP contribution in [-0.4, -0.2) is 53.7 Å². The fourth-order valence-electron chi connectivity index (χ4n) is 3.47. The van der Waals surface area contributed by atoms with Crippen LogP contribution in [0.5, 0.6) is 0 Å². The molecule has 1 saturated heterocycles. The zero-order valence-corrected chi connectivity index (χ0v) is 15.9. The topological polar surface area (TPSA) is 66.7 Å². The van der Waals surface area contributed by atoms with Gasteiger partial charge in [-0.05, 0) is 50.7 Å². The number of nitro benzene ring substituents is 1. The van der Waals surface area contributed by atoms with Crippen molar-refractivity contribution in [2.75, 3.05) is 33.2 Å². The van der Waals surface area contributed by atoms with E-state index in [9.17, 15) is 14.9 Å². The largest absolute Gasteiger partial charge is 0.305 e. The lowest BCUT2D eigenvalue weighted by Gasteiger charge is -2.20.